The van der Waals surface area contributed by atoms with Crippen molar-refractivity contribution in [3.05, 3.63) is 94.5 Å². The van der Waals surface area contributed by atoms with Crippen molar-refractivity contribution in [1.82, 2.24) is 14.5 Å². The van der Waals surface area contributed by atoms with E-state index in [4.69, 9.17) is 0 Å². The number of thioether (sulfide) groups is 1. The monoisotopic (exact) mass is 458 g/mol. The lowest BCUT2D eigenvalue weighted by Gasteiger charge is -2.14. The number of para-hydroxylation sites is 2. The first kappa shape index (κ1) is 22.3. The highest BCUT2D eigenvalue weighted by atomic mass is 32.2. The molecule has 1 heterocycles. The summed E-state index contributed by atoms with van der Waals surface area (Å²) in [4.78, 5) is 44.6. The molecule has 0 unspecified atom stereocenters. The van der Waals surface area contributed by atoms with Gasteiger partial charge >= 0.3 is 0 Å². The quantitative estimate of drug-likeness (QED) is 0.448. The minimum atomic E-state index is -0.312. The molecule has 0 fully saturated rings. The smallest absolute Gasteiger partial charge is 0.286 e. The standard InChI is InChI=1S/C25H22N4O3S/c1-16-26-20-9-5-4-8-19(20)24(31)29(16)18-14-12-17(13-15-18)23(30)27-21-10-6-7-11-22(21)33-25(32)28(2)3/h4-15H,1-3H3,(H,27,30). The number of aromatic nitrogens is 2. The zero-order chi connectivity index (χ0) is 23.5. The summed E-state index contributed by atoms with van der Waals surface area (Å²) in [7, 11) is 3.35. The molecule has 1 N–H and O–H groups in total. The summed E-state index contributed by atoms with van der Waals surface area (Å²) < 4.78 is 1.53. The van der Waals surface area contributed by atoms with E-state index in [0.717, 1.165) is 11.8 Å². The van der Waals surface area contributed by atoms with Gasteiger partial charge in [-0.1, -0.05) is 24.3 Å². The zero-order valence-electron chi connectivity index (χ0n) is 18.4. The van der Waals surface area contributed by atoms with Crippen LogP contribution in [0.4, 0.5) is 10.5 Å². The van der Waals surface area contributed by atoms with Crippen molar-refractivity contribution in [2.24, 2.45) is 0 Å². The molecule has 3 aromatic carbocycles. The van der Waals surface area contributed by atoms with Gasteiger partial charge in [0.1, 0.15) is 5.82 Å². The summed E-state index contributed by atoms with van der Waals surface area (Å²) in [5, 5.41) is 3.27. The number of hydrogen-bond donors (Lipinski definition) is 1. The van der Waals surface area contributed by atoms with Crippen LogP contribution in [0.5, 0.6) is 0 Å². The summed E-state index contributed by atoms with van der Waals surface area (Å²) in [5.41, 5.74) is 2.10. The van der Waals surface area contributed by atoms with Gasteiger partial charge in [0.2, 0.25) is 0 Å². The predicted octanol–water partition coefficient (Wildman–Crippen LogP) is 4.72. The number of aryl methyl sites for hydroxylation is 1. The van der Waals surface area contributed by atoms with Crippen LogP contribution >= 0.6 is 11.8 Å². The Hall–Kier alpha value is -3.91. The molecule has 1 aromatic heterocycles. The number of anilines is 1. The van der Waals surface area contributed by atoms with Crippen LogP contribution in [0.3, 0.4) is 0 Å². The lowest BCUT2D eigenvalue weighted by atomic mass is 10.1. The van der Waals surface area contributed by atoms with E-state index in [1.165, 1.54) is 9.47 Å². The molecule has 0 saturated carbocycles. The highest BCUT2D eigenvalue weighted by molar-refractivity contribution is 8.13. The predicted molar refractivity (Wildman–Crippen MR) is 131 cm³/mol. The first-order valence-electron chi connectivity index (χ1n) is 10.2. The maximum atomic E-state index is 13.0. The van der Waals surface area contributed by atoms with Gasteiger partial charge in [-0.15, -0.1) is 0 Å². The molecule has 0 aliphatic rings. The van der Waals surface area contributed by atoms with E-state index in [-0.39, 0.29) is 16.7 Å². The third-order valence-corrected chi connectivity index (χ3v) is 6.14. The SMILES string of the molecule is Cc1nc2ccccc2c(=O)n1-c1ccc(C(=O)Nc2ccccc2SC(=O)N(C)C)cc1. The normalized spacial score (nSPS) is 10.8. The molecule has 0 saturated heterocycles. The summed E-state index contributed by atoms with van der Waals surface area (Å²) in [5.74, 6) is 0.250. The van der Waals surface area contributed by atoms with Gasteiger partial charge in [-0.05, 0) is 67.2 Å². The number of hydrogen-bond acceptors (Lipinski definition) is 5. The zero-order valence-corrected chi connectivity index (χ0v) is 19.2. The van der Waals surface area contributed by atoms with Gasteiger partial charge in [0.15, 0.2) is 0 Å². The second kappa shape index (κ2) is 9.30. The van der Waals surface area contributed by atoms with E-state index in [2.05, 4.69) is 10.3 Å². The van der Waals surface area contributed by atoms with Gasteiger partial charge < -0.3 is 10.2 Å². The molecule has 0 aliphatic carbocycles. The Morgan fingerprint density at radius 3 is 2.33 bits per heavy atom. The first-order valence-corrected chi connectivity index (χ1v) is 11.0. The van der Waals surface area contributed by atoms with Crippen molar-refractivity contribution >= 4 is 39.5 Å². The van der Waals surface area contributed by atoms with E-state index in [1.807, 2.05) is 18.2 Å². The van der Waals surface area contributed by atoms with Crippen molar-refractivity contribution in [2.75, 3.05) is 19.4 Å². The van der Waals surface area contributed by atoms with E-state index < -0.39 is 0 Å². The van der Waals surface area contributed by atoms with Crippen LogP contribution in [0, 0.1) is 6.92 Å². The van der Waals surface area contributed by atoms with Crippen LogP contribution < -0.4 is 10.9 Å². The second-order valence-corrected chi connectivity index (χ2v) is 8.57. The van der Waals surface area contributed by atoms with E-state index in [1.54, 1.807) is 75.6 Å². The first-order chi connectivity index (χ1) is 15.8. The maximum Gasteiger partial charge on any atom is 0.286 e. The molecule has 2 amide bonds. The van der Waals surface area contributed by atoms with Crippen molar-refractivity contribution in [3.8, 4) is 5.69 Å². The van der Waals surface area contributed by atoms with Crippen LogP contribution in [-0.4, -0.2) is 39.7 Å². The molecule has 4 rings (SSSR count). The molecule has 0 aliphatic heterocycles. The van der Waals surface area contributed by atoms with Gasteiger partial charge in [-0.2, -0.15) is 0 Å². The Kier molecular flexibility index (Phi) is 6.28. The summed E-state index contributed by atoms with van der Waals surface area (Å²) in [6.45, 7) is 1.78. The minimum absolute atomic E-state index is 0.133. The third kappa shape index (κ3) is 4.65. The number of rotatable bonds is 4. The number of fused-ring (bicyclic) bond motifs is 1. The number of benzene rings is 3. The van der Waals surface area contributed by atoms with E-state index in [0.29, 0.717) is 38.6 Å². The van der Waals surface area contributed by atoms with Crippen molar-refractivity contribution in [2.45, 2.75) is 11.8 Å². The fourth-order valence-corrected chi connectivity index (χ4v) is 4.09. The fourth-order valence-electron chi connectivity index (χ4n) is 3.35. The van der Waals surface area contributed by atoms with Gasteiger partial charge in [0, 0.05) is 24.6 Å². The van der Waals surface area contributed by atoms with E-state index in [9.17, 15) is 14.4 Å². The highest BCUT2D eigenvalue weighted by Crippen LogP contribution is 2.29. The van der Waals surface area contributed by atoms with Gasteiger partial charge in [-0.25, -0.2) is 4.98 Å². The Labute approximate surface area is 195 Å². The number of carbonyl (C=O) groups excluding carboxylic acids is 2. The molecule has 7 nitrogen and oxygen atoms in total. The van der Waals surface area contributed by atoms with E-state index >= 15 is 0 Å². The molecule has 0 bridgehead atoms. The molecule has 0 atom stereocenters. The molecule has 0 spiro atoms. The van der Waals surface area contributed by atoms with Crippen LogP contribution in [0.1, 0.15) is 16.2 Å². The average molecular weight is 459 g/mol. The van der Waals surface area contributed by atoms with Gasteiger partial charge in [0.25, 0.3) is 16.7 Å². The summed E-state index contributed by atoms with van der Waals surface area (Å²) in [6, 6.07) is 21.1. The number of amides is 2. The van der Waals surface area contributed by atoms with Crippen molar-refractivity contribution in [3.63, 3.8) is 0 Å². The topological polar surface area (TPSA) is 84.3 Å². The van der Waals surface area contributed by atoms with Crippen LogP contribution in [0.15, 0.2) is 82.5 Å². The Morgan fingerprint density at radius 2 is 1.61 bits per heavy atom. The van der Waals surface area contributed by atoms with Crippen molar-refractivity contribution in [1.29, 1.82) is 0 Å². The number of carbonyl (C=O) groups is 2. The Bertz CT molecular complexity index is 1410. The number of nitrogens with zero attached hydrogens (tertiary/aromatic N) is 3. The average Bonchev–Trinajstić information content (AvgIpc) is 2.80. The summed E-state index contributed by atoms with van der Waals surface area (Å²) in [6.07, 6.45) is 0. The van der Waals surface area contributed by atoms with Gasteiger partial charge in [-0.3, -0.25) is 19.0 Å². The molecular formula is C25H22N4O3S. The highest BCUT2D eigenvalue weighted by Gasteiger charge is 2.14. The Balaban J connectivity index is 1.59. The molecule has 0 radical (unpaired) electrons. The molecule has 166 valence electrons. The second-order valence-electron chi connectivity index (χ2n) is 7.58. The van der Waals surface area contributed by atoms with Crippen LogP contribution in [0.25, 0.3) is 16.6 Å². The Morgan fingerprint density at radius 1 is 0.939 bits per heavy atom. The minimum Gasteiger partial charge on any atom is -0.339 e. The lowest BCUT2D eigenvalue weighted by molar-refractivity contribution is 0.102. The van der Waals surface area contributed by atoms with Crippen molar-refractivity contribution < 1.29 is 9.59 Å². The summed E-state index contributed by atoms with van der Waals surface area (Å²) >= 11 is 1.05. The number of nitrogens with one attached hydrogen (secondary N) is 1. The third-order valence-electron chi connectivity index (χ3n) is 5.03. The maximum absolute atomic E-state index is 13.0. The van der Waals surface area contributed by atoms with Crippen LogP contribution in [0.2, 0.25) is 0 Å². The largest absolute Gasteiger partial charge is 0.339 e. The fraction of sp³-hybridized carbons (Fsp3) is 0.120. The van der Waals surface area contributed by atoms with Gasteiger partial charge in [0.05, 0.1) is 22.3 Å². The molecule has 4 aromatic rings. The van der Waals surface area contributed by atoms with Crippen LogP contribution in [-0.2, 0) is 0 Å². The molecule has 8 heteroatoms. The lowest BCUT2D eigenvalue weighted by Crippen LogP contribution is -2.22. The molecular weight excluding hydrogens is 436 g/mol. The molecule has 33 heavy (non-hydrogen) atoms.